The smallest absolute Gasteiger partial charge is 0.251 e. The minimum absolute atomic E-state index is 0.0366. The molecule has 1 heterocycles. The molecule has 0 radical (unpaired) electrons. The van der Waals surface area contributed by atoms with Gasteiger partial charge in [0.25, 0.3) is 5.91 Å². The summed E-state index contributed by atoms with van der Waals surface area (Å²) >= 11 is 0. The van der Waals surface area contributed by atoms with Crippen molar-refractivity contribution < 1.29 is 9.59 Å². The number of benzene rings is 3. The zero-order chi connectivity index (χ0) is 22.2. The first-order chi connectivity index (χ1) is 15.7. The van der Waals surface area contributed by atoms with E-state index in [2.05, 4.69) is 22.8 Å². The average Bonchev–Trinajstić information content (AvgIpc) is 2.83. The van der Waals surface area contributed by atoms with E-state index in [9.17, 15) is 9.59 Å². The molecule has 0 unspecified atom stereocenters. The topological polar surface area (TPSA) is 61.4 Å². The molecule has 0 aliphatic carbocycles. The van der Waals surface area contributed by atoms with Gasteiger partial charge in [-0.2, -0.15) is 0 Å². The minimum atomic E-state index is -0.638. The van der Waals surface area contributed by atoms with Crippen molar-refractivity contribution >= 4 is 23.2 Å². The molecule has 2 N–H and O–H groups in total. The molecule has 0 saturated carbocycles. The zero-order valence-corrected chi connectivity index (χ0v) is 18.2. The first-order valence-corrected chi connectivity index (χ1v) is 11.2. The number of nitrogens with one attached hydrogen (secondary N) is 2. The lowest BCUT2D eigenvalue weighted by molar-refractivity contribution is -0.141. The van der Waals surface area contributed by atoms with E-state index in [1.165, 1.54) is 5.56 Å². The van der Waals surface area contributed by atoms with E-state index in [1.807, 2.05) is 72.8 Å². The predicted molar refractivity (Wildman–Crippen MR) is 128 cm³/mol. The van der Waals surface area contributed by atoms with Gasteiger partial charge in [0, 0.05) is 19.5 Å². The molecule has 0 aromatic heterocycles. The first kappa shape index (κ1) is 21.6. The summed E-state index contributed by atoms with van der Waals surface area (Å²) in [5.74, 6) is -0.154. The fourth-order valence-corrected chi connectivity index (χ4v) is 4.14. The summed E-state index contributed by atoms with van der Waals surface area (Å²) in [6.07, 6.45) is 3.18. The number of hydrogen-bond acceptors (Lipinski definition) is 3. The van der Waals surface area contributed by atoms with Crippen LogP contribution in [0.1, 0.15) is 36.4 Å². The quantitative estimate of drug-likeness (QED) is 0.530. The van der Waals surface area contributed by atoms with Gasteiger partial charge in [0.2, 0.25) is 5.91 Å². The lowest BCUT2D eigenvalue weighted by atomic mass is 10.0. The Morgan fingerprint density at radius 3 is 2.22 bits per heavy atom. The highest BCUT2D eigenvalue weighted by Gasteiger charge is 2.32. The Kier molecular flexibility index (Phi) is 7.18. The number of anilines is 2. The van der Waals surface area contributed by atoms with Crippen LogP contribution in [0.15, 0.2) is 84.9 Å². The number of rotatable bonds is 8. The van der Waals surface area contributed by atoms with Crippen LogP contribution in [-0.2, 0) is 16.0 Å². The van der Waals surface area contributed by atoms with Gasteiger partial charge >= 0.3 is 0 Å². The van der Waals surface area contributed by atoms with Crippen molar-refractivity contribution in [1.29, 1.82) is 0 Å². The van der Waals surface area contributed by atoms with Gasteiger partial charge in [-0.3, -0.25) is 9.59 Å². The van der Waals surface area contributed by atoms with Crippen LogP contribution in [0.4, 0.5) is 11.4 Å². The van der Waals surface area contributed by atoms with Crippen molar-refractivity contribution in [2.24, 2.45) is 0 Å². The van der Waals surface area contributed by atoms with Gasteiger partial charge in [-0.1, -0.05) is 72.8 Å². The molecule has 1 aliphatic heterocycles. The number of amides is 2. The third-order valence-electron chi connectivity index (χ3n) is 5.79. The predicted octanol–water partition coefficient (Wildman–Crippen LogP) is 5.03. The molecule has 5 heteroatoms. The van der Waals surface area contributed by atoms with Crippen molar-refractivity contribution in [3.8, 4) is 0 Å². The third-order valence-corrected chi connectivity index (χ3v) is 5.79. The number of piperidine rings is 1. The van der Waals surface area contributed by atoms with Gasteiger partial charge in [-0.15, -0.1) is 0 Å². The van der Waals surface area contributed by atoms with Crippen molar-refractivity contribution in [3.05, 3.63) is 96.1 Å². The van der Waals surface area contributed by atoms with Gasteiger partial charge in [-0.05, 0) is 42.5 Å². The Labute approximate surface area is 189 Å². The van der Waals surface area contributed by atoms with Gasteiger partial charge in [0.15, 0.2) is 0 Å². The molecular weight excluding hydrogens is 398 g/mol. The van der Waals surface area contributed by atoms with Crippen LogP contribution in [0, 0.1) is 0 Å². The Morgan fingerprint density at radius 2 is 1.50 bits per heavy atom. The maximum absolute atomic E-state index is 13.5. The van der Waals surface area contributed by atoms with Crippen LogP contribution < -0.4 is 10.6 Å². The molecule has 5 nitrogen and oxygen atoms in total. The largest absolute Gasteiger partial charge is 0.383 e. The lowest BCUT2D eigenvalue weighted by Gasteiger charge is -2.34. The average molecular weight is 428 g/mol. The highest BCUT2D eigenvalue weighted by molar-refractivity contribution is 6.00. The number of nitrogens with zero attached hydrogens (tertiary/aromatic N) is 1. The van der Waals surface area contributed by atoms with Crippen LogP contribution in [0.3, 0.4) is 0 Å². The van der Waals surface area contributed by atoms with E-state index in [1.54, 1.807) is 4.90 Å². The highest BCUT2D eigenvalue weighted by atomic mass is 16.2. The first-order valence-electron chi connectivity index (χ1n) is 11.2. The summed E-state index contributed by atoms with van der Waals surface area (Å²) < 4.78 is 0. The van der Waals surface area contributed by atoms with Crippen LogP contribution in [0.25, 0.3) is 0 Å². The zero-order valence-electron chi connectivity index (χ0n) is 18.2. The molecule has 164 valence electrons. The van der Waals surface area contributed by atoms with Crippen LogP contribution in [0.5, 0.6) is 0 Å². The summed E-state index contributed by atoms with van der Waals surface area (Å²) in [7, 11) is 0. The minimum Gasteiger partial charge on any atom is -0.383 e. The summed E-state index contributed by atoms with van der Waals surface area (Å²) in [6.45, 7) is 1.35. The molecule has 1 fully saturated rings. The maximum atomic E-state index is 13.5. The molecule has 0 bridgehead atoms. The molecule has 1 saturated heterocycles. The van der Waals surface area contributed by atoms with E-state index in [4.69, 9.17) is 0 Å². The molecule has 1 aliphatic rings. The van der Waals surface area contributed by atoms with E-state index < -0.39 is 6.04 Å². The highest BCUT2D eigenvalue weighted by Crippen LogP contribution is 2.29. The van der Waals surface area contributed by atoms with Gasteiger partial charge in [0.1, 0.15) is 6.04 Å². The Hall–Kier alpha value is -3.60. The van der Waals surface area contributed by atoms with E-state index in [-0.39, 0.29) is 11.8 Å². The Bertz CT molecular complexity index is 1040. The van der Waals surface area contributed by atoms with Crippen LogP contribution in [0.2, 0.25) is 0 Å². The SMILES string of the molecule is O=C(Nc1ccccc1NCCc1ccccc1)[C@H](c1ccccc1)N1CCCCC1=O. The molecule has 0 spiro atoms. The third kappa shape index (κ3) is 5.35. The van der Waals surface area contributed by atoms with Crippen molar-refractivity contribution in [2.45, 2.75) is 31.7 Å². The molecule has 3 aromatic carbocycles. The summed E-state index contributed by atoms with van der Waals surface area (Å²) in [4.78, 5) is 27.8. The Morgan fingerprint density at radius 1 is 0.844 bits per heavy atom. The van der Waals surface area contributed by atoms with Gasteiger partial charge in [0.05, 0.1) is 11.4 Å². The molecular formula is C27H29N3O2. The molecule has 1 atom stereocenters. The van der Waals surface area contributed by atoms with Gasteiger partial charge in [-0.25, -0.2) is 0 Å². The van der Waals surface area contributed by atoms with E-state index in [0.717, 1.165) is 42.7 Å². The number of hydrogen-bond donors (Lipinski definition) is 2. The monoisotopic (exact) mass is 427 g/mol. The van der Waals surface area contributed by atoms with Gasteiger partial charge < -0.3 is 15.5 Å². The fraction of sp³-hybridized carbons (Fsp3) is 0.259. The molecule has 4 rings (SSSR count). The van der Waals surface area contributed by atoms with Crippen molar-refractivity contribution in [1.82, 2.24) is 4.90 Å². The second kappa shape index (κ2) is 10.6. The van der Waals surface area contributed by atoms with E-state index in [0.29, 0.717) is 13.0 Å². The summed E-state index contributed by atoms with van der Waals surface area (Å²) in [5, 5.41) is 6.52. The Balaban J connectivity index is 1.50. The number of likely N-dealkylation sites (tertiary alicyclic amines) is 1. The van der Waals surface area contributed by atoms with E-state index >= 15 is 0 Å². The summed E-state index contributed by atoms with van der Waals surface area (Å²) in [6, 6.07) is 26.9. The number of carbonyl (C=O) groups excluding carboxylic acids is 2. The van der Waals surface area contributed by atoms with Crippen LogP contribution >= 0.6 is 0 Å². The van der Waals surface area contributed by atoms with Crippen molar-refractivity contribution in [3.63, 3.8) is 0 Å². The second-order valence-corrected chi connectivity index (χ2v) is 8.05. The van der Waals surface area contributed by atoms with Crippen LogP contribution in [-0.4, -0.2) is 29.8 Å². The number of carbonyl (C=O) groups is 2. The molecule has 2 amide bonds. The molecule has 32 heavy (non-hydrogen) atoms. The lowest BCUT2D eigenvalue weighted by Crippen LogP contribution is -2.43. The second-order valence-electron chi connectivity index (χ2n) is 8.05. The summed E-state index contributed by atoms with van der Waals surface area (Å²) in [5.41, 5.74) is 3.67. The molecule has 3 aromatic rings. The normalized spacial score (nSPS) is 14.6. The standard InChI is InChI=1S/C27H29N3O2/c31-25-17-9-10-20-30(25)26(22-13-5-2-6-14-22)27(32)29-24-16-8-7-15-23(24)28-19-18-21-11-3-1-4-12-21/h1-8,11-16,26,28H,9-10,17-20H2,(H,29,32)/t26-/m0/s1. The maximum Gasteiger partial charge on any atom is 0.251 e. The van der Waals surface area contributed by atoms with Crippen molar-refractivity contribution in [2.75, 3.05) is 23.7 Å². The fourth-order valence-electron chi connectivity index (χ4n) is 4.14. The number of para-hydroxylation sites is 2.